The number of thioether (sulfide) groups is 1. The molecule has 1 N–H and O–H groups in total. The van der Waals surface area contributed by atoms with Crippen molar-refractivity contribution < 1.29 is 4.79 Å². The summed E-state index contributed by atoms with van der Waals surface area (Å²) in [5.41, 5.74) is 3.32. The van der Waals surface area contributed by atoms with E-state index < -0.39 is 0 Å². The van der Waals surface area contributed by atoms with Gasteiger partial charge in [0.1, 0.15) is 0 Å². The van der Waals surface area contributed by atoms with Gasteiger partial charge in [-0.05, 0) is 35.8 Å². The molecule has 1 unspecified atom stereocenters. The fourth-order valence-electron chi connectivity index (χ4n) is 3.53. The average molecular weight is 403 g/mol. The Kier molecular flexibility index (Phi) is 4.63. The molecule has 3 rings (SSSR count). The van der Waals surface area contributed by atoms with Gasteiger partial charge in [-0.3, -0.25) is 4.79 Å². The molecular weight excluding hydrogens is 384 g/mol. The summed E-state index contributed by atoms with van der Waals surface area (Å²) < 4.78 is 0.984. The summed E-state index contributed by atoms with van der Waals surface area (Å²) >= 11 is 4.98. The number of nitrogens with zero attached hydrogens (tertiary/aromatic N) is 1. The number of hydrogen-bond donors (Lipinski definition) is 1. The first-order valence-corrected chi connectivity index (χ1v) is 9.85. The number of halogens is 1. The van der Waals surface area contributed by atoms with Crippen molar-refractivity contribution in [3.8, 4) is 6.07 Å². The molecule has 3 nitrogen and oxygen atoms in total. The van der Waals surface area contributed by atoms with Gasteiger partial charge in [-0.15, -0.1) is 11.8 Å². The summed E-state index contributed by atoms with van der Waals surface area (Å²) in [5.74, 6) is -0.125. The normalized spacial score (nSPS) is 22.8. The Labute approximate surface area is 155 Å². The zero-order valence-electron chi connectivity index (χ0n) is 13.9. The monoisotopic (exact) mass is 402 g/mol. The van der Waals surface area contributed by atoms with Gasteiger partial charge in [-0.25, -0.2) is 0 Å². The molecule has 1 atom stereocenters. The van der Waals surface area contributed by atoms with Gasteiger partial charge in [0.2, 0.25) is 0 Å². The van der Waals surface area contributed by atoms with Crippen molar-refractivity contribution in [1.29, 1.82) is 5.26 Å². The number of ketones is 1. The molecule has 0 aromatic heterocycles. The van der Waals surface area contributed by atoms with Crippen molar-refractivity contribution in [2.24, 2.45) is 5.41 Å². The van der Waals surface area contributed by atoms with Crippen molar-refractivity contribution in [3.05, 3.63) is 56.2 Å². The minimum Gasteiger partial charge on any atom is -0.352 e. The maximum atomic E-state index is 12.9. The quantitative estimate of drug-likeness (QED) is 0.765. The molecule has 0 radical (unpaired) electrons. The second kappa shape index (κ2) is 6.42. The van der Waals surface area contributed by atoms with Crippen LogP contribution in [0.25, 0.3) is 0 Å². The van der Waals surface area contributed by atoms with Gasteiger partial charge in [0.05, 0.1) is 22.6 Å². The lowest BCUT2D eigenvalue weighted by Gasteiger charge is -2.38. The Morgan fingerprint density at radius 3 is 2.54 bits per heavy atom. The fourth-order valence-corrected chi connectivity index (χ4v) is 4.40. The lowest BCUT2D eigenvalue weighted by Crippen LogP contribution is -2.36. The molecule has 0 saturated heterocycles. The first-order chi connectivity index (χ1) is 11.4. The zero-order valence-corrected chi connectivity index (χ0v) is 16.3. The van der Waals surface area contributed by atoms with E-state index in [1.165, 1.54) is 11.8 Å². The van der Waals surface area contributed by atoms with E-state index in [-0.39, 0.29) is 17.1 Å². The summed E-state index contributed by atoms with van der Waals surface area (Å²) in [6.07, 6.45) is 3.30. The van der Waals surface area contributed by atoms with Crippen LogP contribution in [0, 0.1) is 16.7 Å². The second-order valence-corrected chi connectivity index (χ2v) is 8.73. The van der Waals surface area contributed by atoms with E-state index in [0.717, 1.165) is 32.8 Å². The van der Waals surface area contributed by atoms with E-state index in [0.29, 0.717) is 12.0 Å². The molecular formula is C19H19BrN2OS. The number of carbonyl (C=O) groups excluding carboxylic acids is 1. The molecule has 1 aliphatic heterocycles. The van der Waals surface area contributed by atoms with Gasteiger partial charge in [0.15, 0.2) is 5.78 Å². The second-order valence-electron chi connectivity index (χ2n) is 7.00. The summed E-state index contributed by atoms with van der Waals surface area (Å²) in [6, 6.07) is 10.2. The van der Waals surface area contributed by atoms with Crippen LogP contribution in [0.5, 0.6) is 0 Å². The van der Waals surface area contributed by atoms with Crippen molar-refractivity contribution in [3.63, 3.8) is 0 Å². The van der Waals surface area contributed by atoms with Gasteiger partial charge < -0.3 is 5.32 Å². The van der Waals surface area contributed by atoms with Crippen molar-refractivity contribution >= 4 is 33.5 Å². The molecule has 2 aliphatic rings. The lowest BCUT2D eigenvalue weighted by molar-refractivity contribution is -0.118. The van der Waals surface area contributed by atoms with Crippen LogP contribution < -0.4 is 5.32 Å². The Bertz CT molecular complexity index is 800. The molecule has 1 aliphatic carbocycles. The molecule has 0 saturated carbocycles. The SMILES string of the molecule is CSC1=C(C#N)C(c2ccc(Br)cc2)C2=C(CC(C)(C)CC2=O)N1. The number of carbonyl (C=O) groups is 1. The Morgan fingerprint density at radius 2 is 1.96 bits per heavy atom. The minimum absolute atomic E-state index is 0.0547. The maximum absolute atomic E-state index is 12.9. The largest absolute Gasteiger partial charge is 0.352 e. The molecule has 5 heteroatoms. The number of nitriles is 1. The number of rotatable bonds is 2. The first kappa shape index (κ1) is 17.3. The Morgan fingerprint density at radius 1 is 1.29 bits per heavy atom. The van der Waals surface area contributed by atoms with Crippen molar-refractivity contribution in [2.75, 3.05) is 6.26 Å². The van der Waals surface area contributed by atoms with E-state index in [1.54, 1.807) is 0 Å². The molecule has 0 bridgehead atoms. The van der Waals surface area contributed by atoms with Crippen LogP contribution in [0.1, 0.15) is 38.2 Å². The number of benzene rings is 1. The van der Waals surface area contributed by atoms with Gasteiger partial charge >= 0.3 is 0 Å². The third-order valence-electron chi connectivity index (χ3n) is 4.53. The van der Waals surface area contributed by atoms with E-state index in [9.17, 15) is 10.1 Å². The predicted octanol–water partition coefficient (Wildman–Crippen LogP) is 4.88. The topological polar surface area (TPSA) is 52.9 Å². The van der Waals surface area contributed by atoms with Gasteiger partial charge in [-0.2, -0.15) is 5.26 Å². The summed E-state index contributed by atoms with van der Waals surface area (Å²) in [7, 11) is 0. The molecule has 1 aromatic rings. The zero-order chi connectivity index (χ0) is 17.5. The fraction of sp³-hybridized carbons (Fsp3) is 0.368. The number of dihydropyridines is 1. The predicted molar refractivity (Wildman–Crippen MR) is 101 cm³/mol. The summed E-state index contributed by atoms with van der Waals surface area (Å²) in [6.45, 7) is 4.24. The Balaban J connectivity index is 2.19. The average Bonchev–Trinajstić information content (AvgIpc) is 2.52. The third kappa shape index (κ3) is 3.05. The molecule has 124 valence electrons. The van der Waals surface area contributed by atoms with Crippen LogP contribution in [-0.4, -0.2) is 12.0 Å². The number of nitrogens with one attached hydrogen (secondary N) is 1. The van der Waals surface area contributed by atoms with Crippen molar-refractivity contribution in [1.82, 2.24) is 5.32 Å². The highest BCUT2D eigenvalue weighted by Crippen LogP contribution is 2.47. The molecule has 24 heavy (non-hydrogen) atoms. The van der Waals surface area contributed by atoms with E-state index in [1.807, 2.05) is 30.5 Å². The van der Waals surface area contributed by atoms with Crippen molar-refractivity contribution in [2.45, 2.75) is 32.6 Å². The van der Waals surface area contributed by atoms with Crippen LogP contribution in [0.15, 0.2) is 50.6 Å². The molecule has 0 amide bonds. The van der Waals surface area contributed by atoms with Gasteiger partial charge in [0, 0.05) is 22.2 Å². The van der Waals surface area contributed by atoms with E-state index in [4.69, 9.17) is 0 Å². The highest BCUT2D eigenvalue weighted by Gasteiger charge is 2.41. The van der Waals surface area contributed by atoms with Crippen LogP contribution in [0.2, 0.25) is 0 Å². The number of hydrogen-bond acceptors (Lipinski definition) is 4. The van der Waals surface area contributed by atoms with Crippen LogP contribution in [0.4, 0.5) is 0 Å². The summed E-state index contributed by atoms with van der Waals surface area (Å²) in [4.78, 5) is 12.9. The van der Waals surface area contributed by atoms with Crippen LogP contribution in [0.3, 0.4) is 0 Å². The number of allylic oxidation sites excluding steroid dienone is 3. The molecule has 1 heterocycles. The highest BCUT2D eigenvalue weighted by atomic mass is 79.9. The van der Waals surface area contributed by atoms with Gasteiger partial charge in [0.25, 0.3) is 0 Å². The minimum atomic E-state index is -0.273. The van der Waals surface area contributed by atoms with Crippen LogP contribution >= 0.6 is 27.7 Å². The number of Topliss-reactive ketones (excluding diaryl/α,β-unsaturated/α-hetero) is 1. The van der Waals surface area contributed by atoms with E-state index >= 15 is 0 Å². The highest BCUT2D eigenvalue weighted by molar-refractivity contribution is 9.10. The standard InChI is InChI=1S/C19H19BrN2OS/c1-19(2)8-14-17(15(23)9-19)16(11-4-6-12(20)7-5-11)13(10-21)18(22-14)24-3/h4-7,16,22H,8-9H2,1-3H3. The van der Waals surface area contributed by atoms with Gasteiger partial charge in [-0.1, -0.05) is 41.9 Å². The smallest absolute Gasteiger partial charge is 0.162 e. The first-order valence-electron chi connectivity index (χ1n) is 7.83. The Hall–Kier alpha value is -1.51. The van der Waals surface area contributed by atoms with E-state index in [2.05, 4.69) is 41.2 Å². The molecule has 0 spiro atoms. The molecule has 1 aromatic carbocycles. The lowest BCUT2D eigenvalue weighted by atomic mass is 9.69. The maximum Gasteiger partial charge on any atom is 0.162 e. The van der Waals surface area contributed by atoms with Crippen LogP contribution in [-0.2, 0) is 4.79 Å². The third-order valence-corrected chi connectivity index (χ3v) is 5.79. The summed E-state index contributed by atoms with van der Waals surface area (Å²) in [5, 5.41) is 14.0. The molecule has 0 fully saturated rings.